The second-order valence-corrected chi connectivity index (χ2v) is 7.35. The third kappa shape index (κ3) is 4.01. The molecule has 32 heavy (non-hydrogen) atoms. The smallest absolute Gasteiger partial charge is 0.261 e. The lowest BCUT2D eigenvalue weighted by molar-refractivity contribution is 0.433. The lowest BCUT2D eigenvalue weighted by atomic mass is 10.0. The van der Waals surface area contributed by atoms with Gasteiger partial charge in [0.1, 0.15) is 5.82 Å². The molecule has 0 atom stereocenters. The van der Waals surface area contributed by atoms with Gasteiger partial charge in [-0.1, -0.05) is 42.5 Å². The summed E-state index contributed by atoms with van der Waals surface area (Å²) in [6.45, 7) is 1.73. The highest BCUT2D eigenvalue weighted by molar-refractivity contribution is 5.69. The molecule has 0 unspecified atom stereocenters. The van der Waals surface area contributed by atoms with Gasteiger partial charge >= 0.3 is 0 Å². The first-order chi connectivity index (χ1) is 15.4. The zero-order chi connectivity index (χ0) is 22.8. The largest absolute Gasteiger partial charge is 0.504 e. The van der Waals surface area contributed by atoms with Crippen molar-refractivity contribution in [2.24, 2.45) is 0 Å². The minimum absolute atomic E-state index is 0.0649. The Hall–Kier alpha value is -3.87. The quantitative estimate of drug-likeness (QED) is 0.465. The van der Waals surface area contributed by atoms with Crippen molar-refractivity contribution in [3.05, 3.63) is 106 Å². The van der Waals surface area contributed by atoms with Crippen molar-refractivity contribution >= 4 is 0 Å². The van der Waals surface area contributed by atoms with Crippen LogP contribution < -0.4 is 5.56 Å². The van der Waals surface area contributed by atoms with Gasteiger partial charge in [-0.3, -0.25) is 9.36 Å². The van der Waals surface area contributed by atoms with E-state index in [2.05, 4.69) is 4.98 Å². The van der Waals surface area contributed by atoms with Gasteiger partial charge in [0.05, 0.1) is 16.8 Å². The minimum atomic E-state index is -1.08. The molecule has 0 bridgehead atoms. The highest BCUT2D eigenvalue weighted by Crippen LogP contribution is 2.31. The van der Waals surface area contributed by atoms with E-state index >= 15 is 0 Å². The Balaban J connectivity index is 1.92. The predicted octanol–water partition coefficient (Wildman–Crippen LogP) is 5.25. The number of aromatic nitrogens is 2. The van der Waals surface area contributed by atoms with Crippen molar-refractivity contribution in [3.8, 4) is 28.3 Å². The molecule has 4 aromatic rings. The molecule has 0 aliphatic heterocycles. The molecule has 1 heterocycles. The molecule has 0 spiro atoms. The zero-order valence-electron chi connectivity index (χ0n) is 17.1. The van der Waals surface area contributed by atoms with Crippen LogP contribution in [-0.2, 0) is 13.0 Å². The first-order valence-corrected chi connectivity index (χ1v) is 9.95. The Morgan fingerprint density at radius 3 is 2.38 bits per heavy atom. The number of phenolic OH excluding ortho intramolecular Hbond substituents is 1. The second kappa shape index (κ2) is 8.70. The molecule has 1 aromatic heterocycles. The maximum Gasteiger partial charge on any atom is 0.261 e. The fraction of sp³-hybridized carbons (Fsp3) is 0.120. The van der Waals surface area contributed by atoms with Crippen LogP contribution in [0.15, 0.2) is 71.5 Å². The summed E-state index contributed by atoms with van der Waals surface area (Å²) in [6, 6.07) is 16.6. The maximum absolute atomic E-state index is 14.0. The first-order valence-electron chi connectivity index (χ1n) is 9.95. The Morgan fingerprint density at radius 1 is 0.906 bits per heavy atom. The van der Waals surface area contributed by atoms with Gasteiger partial charge in [0.15, 0.2) is 23.2 Å². The molecule has 4 rings (SSSR count). The van der Waals surface area contributed by atoms with Crippen molar-refractivity contribution in [1.82, 2.24) is 9.55 Å². The lowest BCUT2D eigenvalue weighted by Crippen LogP contribution is -2.27. The van der Waals surface area contributed by atoms with Gasteiger partial charge in [0.2, 0.25) is 0 Å². The topological polar surface area (TPSA) is 55.1 Å². The van der Waals surface area contributed by atoms with E-state index in [0.717, 1.165) is 23.8 Å². The molecule has 0 saturated carbocycles. The number of phenols is 1. The fourth-order valence-corrected chi connectivity index (χ4v) is 3.64. The van der Waals surface area contributed by atoms with Crippen LogP contribution in [0.2, 0.25) is 0 Å². The molecule has 0 radical (unpaired) electrons. The predicted molar refractivity (Wildman–Crippen MR) is 116 cm³/mol. The van der Waals surface area contributed by atoms with E-state index in [1.165, 1.54) is 22.8 Å². The van der Waals surface area contributed by atoms with E-state index in [-0.39, 0.29) is 34.8 Å². The number of aromatic hydroxyl groups is 1. The molecule has 4 nitrogen and oxygen atoms in total. The standard InChI is InChI=1S/C25H19F3N2O2/c1-15-22(17-10-11-19(26)21(28)14-17)25(32)30(13-12-16-6-3-2-4-7-16)24(29-15)18-8-5-9-20(27)23(18)31/h2-11,14,31H,12-13H2,1H3. The van der Waals surface area contributed by atoms with Gasteiger partial charge in [-0.05, 0) is 48.7 Å². The van der Waals surface area contributed by atoms with E-state index in [9.17, 15) is 23.1 Å². The molecule has 0 aliphatic rings. The van der Waals surface area contributed by atoms with Crippen LogP contribution in [0.4, 0.5) is 13.2 Å². The zero-order valence-corrected chi connectivity index (χ0v) is 17.1. The summed E-state index contributed by atoms with van der Waals surface area (Å²) < 4.78 is 42.7. The normalized spacial score (nSPS) is 11.0. The summed E-state index contributed by atoms with van der Waals surface area (Å²) >= 11 is 0. The second-order valence-electron chi connectivity index (χ2n) is 7.35. The summed E-state index contributed by atoms with van der Waals surface area (Å²) in [5.41, 5.74) is 1.06. The average Bonchev–Trinajstić information content (AvgIpc) is 2.78. The number of aryl methyl sites for hydroxylation is 2. The SMILES string of the molecule is Cc1nc(-c2cccc(F)c2O)n(CCc2ccccc2)c(=O)c1-c1ccc(F)c(F)c1. The summed E-state index contributed by atoms with van der Waals surface area (Å²) in [6.07, 6.45) is 0.464. The number of rotatable bonds is 5. The Morgan fingerprint density at radius 2 is 1.66 bits per heavy atom. The molecule has 3 aromatic carbocycles. The van der Waals surface area contributed by atoms with Crippen molar-refractivity contribution in [1.29, 1.82) is 0 Å². The average molecular weight is 436 g/mol. The minimum Gasteiger partial charge on any atom is -0.504 e. The Kier molecular flexibility index (Phi) is 5.81. The number of hydrogen-bond donors (Lipinski definition) is 1. The lowest BCUT2D eigenvalue weighted by Gasteiger charge is -2.17. The van der Waals surface area contributed by atoms with Crippen molar-refractivity contribution in [2.45, 2.75) is 19.9 Å². The molecule has 0 amide bonds. The van der Waals surface area contributed by atoms with Crippen LogP contribution >= 0.6 is 0 Å². The Labute approximate surface area is 182 Å². The van der Waals surface area contributed by atoms with Crippen LogP contribution in [0.5, 0.6) is 5.75 Å². The fourth-order valence-electron chi connectivity index (χ4n) is 3.64. The molecule has 0 saturated heterocycles. The van der Waals surface area contributed by atoms with Crippen LogP contribution in [0.25, 0.3) is 22.5 Å². The van der Waals surface area contributed by atoms with Crippen LogP contribution in [0.1, 0.15) is 11.3 Å². The Bertz CT molecular complexity index is 1350. The highest BCUT2D eigenvalue weighted by atomic mass is 19.2. The van der Waals surface area contributed by atoms with Gasteiger partial charge in [-0.15, -0.1) is 0 Å². The van der Waals surface area contributed by atoms with Crippen LogP contribution in [-0.4, -0.2) is 14.7 Å². The first kappa shape index (κ1) is 21.4. The number of hydrogen-bond acceptors (Lipinski definition) is 3. The number of benzene rings is 3. The van der Waals surface area contributed by atoms with E-state index in [1.54, 1.807) is 6.92 Å². The monoisotopic (exact) mass is 436 g/mol. The van der Waals surface area contributed by atoms with Crippen LogP contribution in [0.3, 0.4) is 0 Å². The molecule has 1 N–H and O–H groups in total. The van der Waals surface area contributed by atoms with Gasteiger partial charge in [-0.25, -0.2) is 18.2 Å². The van der Waals surface area contributed by atoms with Gasteiger partial charge in [0.25, 0.3) is 5.56 Å². The number of halogens is 3. The van der Waals surface area contributed by atoms with Crippen molar-refractivity contribution in [2.75, 3.05) is 0 Å². The van der Waals surface area contributed by atoms with Crippen molar-refractivity contribution < 1.29 is 18.3 Å². The summed E-state index contributed by atoms with van der Waals surface area (Å²) in [7, 11) is 0. The van der Waals surface area contributed by atoms with E-state index in [0.29, 0.717) is 6.42 Å². The molecule has 162 valence electrons. The molecular weight excluding hydrogens is 417 g/mol. The molecule has 7 heteroatoms. The van der Waals surface area contributed by atoms with Crippen molar-refractivity contribution in [3.63, 3.8) is 0 Å². The van der Waals surface area contributed by atoms with Gasteiger partial charge in [0, 0.05) is 6.54 Å². The van der Waals surface area contributed by atoms with E-state index in [4.69, 9.17) is 0 Å². The van der Waals surface area contributed by atoms with E-state index < -0.39 is 28.8 Å². The van der Waals surface area contributed by atoms with Gasteiger partial charge in [-0.2, -0.15) is 0 Å². The number of nitrogens with zero attached hydrogens (tertiary/aromatic N) is 2. The molecule has 0 fully saturated rings. The third-order valence-electron chi connectivity index (χ3n) is 5.25. The van der Waals surface area contributed by atoms with Gasteiger partial charge < -0.3 is 5.11 Å². The summed E-state index contributed by atoms with van der Waals surface area (Å²) in [5.74, 6) is -3.47. The maximum atomic E-state index is 14.0. The number of para-hydroxylation sites is 1. The molecular formula is C25H19F3N2O2. The van der Waals surface area contributed by atoms with Crippen LogP contribution in [0, 0.1) is 24.4 Å². The highest BCUT2D eigenvalue weighted by Gasteiger charge is 2.21. The van der Waals surface area contributed by atoms with E-state index in [1.807, 2.05) is 30.3 Å². The summed E-state index contributed by atoms with van der Waals surface area (Å²) in [4.78, 5) is 18.0. The third-order valence-corrected chi connectivity index (χ3v) is 5.25. The summed E-state index contributed by atoms with van der Waals surface area (Å²) in [5, 5.41) is 10.3. The molecule has 0 aliphatic carbocycles.